The predicted molar refractivity (Wildman–Crippen MR) is 173 cm³/mol. The van der Waals surface area contributed by atoms with E-state index in [2.05, 4.69) is 54.1 Å². The Hall–Kier alpha value is -2.23. The number of hydrogen-bond donors (Lipinski definition) is 3. The highest BCUT2D eigenvalue weighted by atomic mass is 16.7. The Bertz CT molecular complexity index is 749. The molecule has 248 valence electrons. The maximum absolute atomic E-state index is 12.3. The summed E-state index contributed by atoms with van der Waals surface area (Å²) in [5.41, 5.74) is 0. The lowest BCUT2D eigenvalue weighted by Gasteiger charge is -2.22. The molecule has 0 aromatic heterocycles. The van der Waals surface area contributed by atoms with Crippen molar-refractivity contribution in [3.05, 3.63) is 24.3 Å². The number of hydrogen-bond acceptors (Lipinski definition) is 7. The fourth-order valence-electron chi connectivity index (χ4n) is 4.67. The molecule has 1 aliphatic heterocycles. The minimum atomic E-state index is -0.390. The van der Waals surface area contributed by atoms with E-state index in [9.17, 15) is 14.4 Å². The monoisotopic (exact) mass is 607 g/mol. The Labute approximate surface area is 261 Å². The summed E-state index contributed by atoms with van der Waals surface area (Å²) in [5.74, 6) is -0.381. The number of allylic oxidation sites excluding steroid dienone is 4. The van der Waals surface area contributed by atoms with E-state index < -0.39 is 0 Å². The summed E-state index contributed by atoms with van der Waals surface area (Å²) in [6.45, 7) is 7.97. The van der Waals surface area contributed by atoms with Crippen molar-refractivity contribution >= 4 is 17.8 Å². The molecule has 43 heavy (non-hydrogen) atoms. The first-order chi connectivity index (χ1) is 21.1. The minimum absolute atomic E-state index is 0.0838. The zero-order chi connectivity index (χ0) is 31.2. The van der Waals surface area contributed by atoms with Crippen LogP contribution in [0.4, 0.5) is 0 Å². The molecular formula is C34H61N3O6. The van der Waals surface area contributed by atoms with Gasteiger partial charge in [0.25, 0.3) is 0 Å². The number of esters is 1. The van der Waals surface area contributed by atoms with Gasteiger partial charge in [-0.1, -0.05) is 51.0 Å². The number of piperazine rings is 1. The SMILES string of the molecule is CC/C=C\CCCCOC(CCC(=O)OCCCCCCNCCCCC1NC(=O)CNC1=O)OCCCC/C=C\CC. The third-order valence-corrected chi connectivity index (χ3v) is 7.21. The maximum Gasteiger partial charge on any atom is 0.305 e. The molecule has 3 N–H and O–H groups in total. The molecule has 9 nitrogen and oxygen atoms in total. The molecule has 1 unspecified atom stereocenters. The van der Waals surface area contributed by atoms with Crippen LogP contribution in [0.5, 0.6) is 0 Å². The fraction of sp³-hybridized carbons (Fsp3) is 0.794. The topological polar surface area (TPSA) is 115 Å². The summed E-state index contributed by atoms with van der Waals surface area (Å²) in [6.07, 6.45) is 24.4. The van der Waals surface area contributed by atoms with Crippen LogP contribution >= 0.6 is 0 Å². The number of rotatable bonds is 29. The second-order valence-electron chi connectivity index (χ2n) is 11.2. The van der Waals surface area contributed by atoms with Crippen LogP contribution in [-0.4, -0.2) is 69.6 Å². The van der Waals surface area contributed by atoms with E-state index in [1.165, 1.54) is 0 Å². The van der Waals surface area contributed by atoms with Crippen molar-refractivity contribution in [1.29, 1.82) is 0 Å². The van der Waals surface area contributed by atoms with Crippen molar-refractivity contribution in [2.45, 2.75) is 135 Å². The number of amides is 2. The smallest absolute Gasteiger partial charge is 0.305 e. The molecule has 0 aromatic carbocycles. The van der Waals surface area contributed by atoms with Gasteiger partial charge < -0.3 is 30.2 Å². The molecule has 0 spiro atoms. The number of carbonyl (C=O) groups is 3. The van der Waals surface area contributed by atoms with E-state index >= 15 is 0 Å². The van der Waals surface area contributed by atoms with Crippen LogP contribution in [0, 0.1) is 0 Å². The predicted octanol–water partition coefficient (Wildman–Crippen LogP) is 5.88. The Balaban J connectivity index is 2.06. The van der Waals surface area contributed by atoms with Gasteiger partial charge >= 0.3 is 5.97 Å². The highest BCUT2D eigenvalue weighted by Crippen LogP contribution is 2.11. The molecule has 1 rings (SSSR count). The van der Waals surface area contributed by atoms with Gasteiger partial charge in [0, 0.05) is 19.6 Å². The van der Waals surface area contributed by atoms with E-state index in [4.69, 9.17) is 14.2 Å². The number of nitrogens with one attached hydrogen (secondary N) is 3. The van der Waals surface area contributed by atoms with Crippen molar-refractivity contribution in [3.8, 4) is 0 Å². The molecule has 9 heteroatoms. The largest absolute Gasteiger partial charge is 0.466 e. The second-order valence-corrected chi connectivity index (χ2v) is 11.2. The molecule has 0 aliphatic carbocycles. The van der Waals surface area contributed by atoms with Gasteiger partial charge in [-0.15, -0.1) is 0 Å². The molecule has 0 radical (unpaired) electrons. The van der Waals surface area contributed by atoms with E-state index in [1.54, 1.807) is 0 Å². The van der Waals surface area contributed by atoms with Crippen LogP contribution < -0.4 is 16.0 Å². The maximum atomic E-state index is 12.3. The summed E-state index contributed by atoms with van der Waals surface area (Å²) in [5, 5.41) is 8.78. The fourth-order valence-corrected chi connectivity index (χ4v) is 4.67. The van der Waals surface area contributed by atoms with E-state index in [-0.39, 0.29) is 36.7 Å². The van der Waals surface area contributed by atoms with Gasteiger partial charge in [0.05, 0.1) is 19.6 Å². The van der Waals surface area contributed by atoms with Gasteiger partial charge in [0.15, 0.2) is 6.29 Å². The number of unbranched alkanes of at least 4 members (excludes halogenated alkanes) is 8. The van der Waals surface area contributed by atoms with Crippen LogP contribution in [0.25, 0.3) is 0 Å². The third kappa shape index (κ3) is 23.9. The van der Waals surface area contributed by atoms with Gasteiger partial charge in [0.1, 0.15) is 6.04 Å². The molecule has 1 saturated heterocycles. The van der Waals surface area contributed by atoms with Gasteiger partial charge in [-0.05, 0) is 96.6 Å². The summed E-state index contributed by atoms with van der Waals surface area (Å²) >= 11 is 0. The third-order valence-electron chi connectivity index (χ3n) is 7.21. The standard InChI is InChI=1S/C34H61N3O6/c1-3-5-7-9-12-19-27-42-33(43-28-20-13-10-8-6-4-2)23-22-32(39)41-26-18-14-11-16-24-35-25-17-15-21-30-34(40)36-29-31(38)37-30/h5-8,30,33,35H,3-4,9-29H2,1-2H3,(H,36,40)(H,37,38)/b7-5-,8-6-. The van der Waals surface area contributed by atoms with Crippen LogP contribution in [0.3, 0.4) is 0 Å². The number of carbonyl (C=O) groups excluding carboxylic acids is 3. The first-order valence-corrected chi connectivity index (χ1v) is 17.0. The van der Waals surface area contributed by atoms with E-state index in [0.717, 1.165) is 103 Å². The first kappa shape index (κ1) is 38.8. The van der Waals surface area contributed by atoms with Gasteiger partial charge in [-0.2, -0.15) is 0 Å². The molecule has 0 bridgehead atoms. The lowest BCUT2D eigenvalue weighted by molar-refractivity contribution is -0.159. The van der Waals surface area contributed by atoms with E-state index in [0.29, 0.717) is 39.1 Å². The quantitative estimate of drug-likeness (QED) is 0.0421. The van der Waals surface area contributed by atoms with Crippen LogP contribution in [-0.2, 0) is 28.6 Å². The molecule has 1 fully saturated rings. The zero-order valence-corrected chi connectivity index (χ0v) is 27.2. The molecule has 0 aromatic rings. The highest BCUT2D eigenvalue weighted by molar-refractivity contribution is 5.94. The molecule has 1 atom stereocenters. The van der Waals surface area contributed by atoms with Gasteiger partial charge in [-0.25, -0.2) is 0 Å². The van der Waals surface area contributed by atoms with Crippen molar-refractivity contribution in [2.24, 2.45) is 0 Å². The Kier molecular flexibility index (Phi) is 25.7. The van der Waals surface area contributed by atoms with Crippen molar-refractivity contribution in [3.63, 3.8) is 0 Å². The van der Waals surface area contributed by atoms with Crippen LogP contribution in [0.1, 0.15) is 123 Å². The summed E-state index contributed by atoms with van der Waals surface area (Å²) in [6, 6.07) is -0.390. The van der Waals surface area contributed by atoms with Crippen molar-refractivity contribution < 1.29 is 28.6 Å². The summed E-state index contributed by atoms with van der Waals surface area (Å²) in [4.78, 5) is 35.4. The van der Waals surface area contributed by atoms with Crippen molar-refractivity contribution in [2.75, 3.05) is 39.5 Å². The molecule has 2 amide bonds. The molecule has 0 saturated carbocycles. The normalized spacial score (nSPS) is 15.5. The summed E-state index contributed by atoms with van der Waals surface area (Å²) < 4.78 is 17.4. The Morgan fingerprint density at radius 3 is 2.07 bits per heavy atom. The molecular weight excluding hydrogens is 546 g/mol. The van der Waals surface area contributed by atoms with Gasteiger partial charge in [-0.3, -0.25) is 14.4 Å². The first-order valence-electron chi connectivity index (χ1n) is 17.0. The molecule has 1 heterocycles. The average Bonchev–Trinajstić information content (AvgIpc) is 3.00. The Morgan fingerprint density at radius 1 is 0.814 bits per heavy atom. The van der Waals surface area contributed by atoms with Crippen LogP contribution in [0.15, 0.2) is 24.3 Å². The summed E-state index contributed by atoms with van der Waals surface area (Å²) in [7, 11) is 0. The van der Waals surface area contributed by atoms with Gasteiger partial charge in [0.2, 0.25) is 11.8 Å². The number of ether oxygens (including phenoxy) is 3. The Morgan fingerprint density at radius 2 is 1.42 bits per heavy atom. The highest BCUT2D eigenvalue weighted by Gasteiger charge is 2.24. The minimum Gasteiger partial charge on any atom is -0.466 e. The van der Waals surface area contributed by atoms with E-state index in [1.807, 2.05) is 0 Å². The lowest BCUT2D eigenvalue weighted by atomic mass is 10.1. The lowest BCUT2D eigenvalue weighted by Crippen LogP contribution is -2.56. The molecule has 1 aliphatic rings. The van der Waals surface area contributed by atoms with Crippen molar-refractivity contribution in [1.82, 2.24) is 16.0 Å². The van der Waals surface area contributed by atoms with Crippen LogP contribution in [0.2, 0.25) is 0 Å². The second kappa shape index (κ2) is 28.5. The zero-order valence-electron chi connectivity index (χ0n) is 27.2. The average molecular weight is 608 g/mol.